The van der Waals surface area contributed by atoms with Gasteiger partial charge >= 0.3 is 0 Å². The van der Waals surface area contributed by atoms with Gasteiger partial charge in [-0.05, 0) is 90.7 Å². The van der Waals surface area contributed by atoms with E-state index >= 15 is 0 Å². The molecule has 0 aromatic heterocycles. The SMILES string of the molecule is Cc1cccc(NC(=O)CN(CC2CCCO2)C(=O)c2ccc(I)cc2)c1C. The van der Waals surface area contributed by atoms with Gasteiger partial charge in [0.05, 0.1) is 6.10 Å². The topological polar surface area (TPSA) is 58.6 Å². The van der Waals surface area contributed by atoms with Gasteiger partial charge in [-0.1, -0.05) is 12.1 Å². The van der Waals surface area contributed by atoms with E-state index in [9.17, 15) is 9.59 Å². The first kappa shape index (κ1) is 20.8. The maximum absolute atomic E-state index is 13.0. The molecule has 2 amide bonds. The molecule has 0 aliphatic carbocycles. The minimum Gasteiger partial charge on any atom is -0.376 e. The van der Waals surface area contributed by atoms with E-state index in [4.69, 9.17) is 4.74 Å². The Hall–Kier alpha value is -1.93. The van der Waals surface area contributed by atoms with Gasteiger partial charge in [-0.3, -0.25) is 9.59 Å². The summed E-state index contributed by atoms with van der Waals surface area (Å²) in [6.07, 6.45) is 1.89. The molecule has 0 spiro atoms. The Labute approximate surface area is 179 Å². The average molecular weight is 492 g/mol. The first-order valence-corrected chi connectivity index (χ1v) is 10.5. The molecule has 1 aliphatic heterocycles. The first-order valence-electron chi connectivity index (χ1n) is 9.46. The summed E-state index contributed by atoms with van der Waals surface area (Å²) in [5.41, 5.74) is 3.51. The molecule has 0 bridgehead atoms. The Kier molecular flexibility index (Phi) is 7.07. The summed E-state index contributed by atoms with van der Waals surface area (Å²) in [5, 5.41) is 2.95. The molecule has 0 saturated carbocycles. The second-order valence-electron chi connectivity index (χ2n) is 7.12. The van der Waals surface area contributed by atoms with Crippen LogP contribution in [0.3, 0.4) is 0 Å². The minimum absolute atomic E-state index is 0.00192. The maximum Gasteiger partial charge on any atom is 0.254 e. The lowest BCUT2D eigenvalue weighted by Gasteiger charge is -2.25. The second kappa shape index (κ2) is 9.52. The number of halogens is 1. The van der Waals surface area contributed by atoms with Crippen LogP contribution in [0.1, 0.15) is 34.3 Å². The number of anilines is 1. The second-order valence-corrected chi connectivity index (χ2v) is 8.37. The van der Waals surface area contributed by atoms with Crippen molar-refractivity contribution < 1.29 is 14.3 Å². The van der Waals surface area contributed by atoms with Crippen molar-refractivity contribution in [1.82, 2.24) is 4.90 Å². The van der Waals surface area contributed by atoms with Crippen LogP contribution in [0.4, 0.5) is 5.69 Å². The summed E-state index contributed by atoms with van der Waals surface area (Å²) in [6, 6.07) is 13.2. The van der Waals surface area contributed by atoms with Crippen molar-refractivity contribution in [2.75, 3.05) is 25.0 Å². The zero-order valence-corrected chi connectivity index (χ0v) is 18.4. The summed E-state index contributed by atoms with van der Waals surface area (Å²) in [7, 11) is 0. The minimum atomic E-state index is -0.203. The number of amides is 2. The zero-order chi connectivity index (χ0) is 20.1. The van der Waals surface area contributed by atoms with E-state index in [1.807, 2.05) is 44.2 Å². The molecular weight excluding hydrogens is 467 g/mol. The molecule has 28 heavy (non-hydrogen) atoms. The molecule has 0 radical (unpaired) electrons. The van der Waals surface area contributed by atoms with Crippen molar-refractivity contribution in [1.29, 1.82) is 0 Å². The van der Waals surface area contributed by atoms with Crippen LogP contribution < -0.4 is 5.32 Å². The smallest absolute Gasteiger partial charge is 0.254 e. The van der Waals surface area contributed by atoms with E-state index in [2.05, 4.69) is 27.9 Å². The standard InChI is InChI=1S/C22H25IN2O3/c1-15-5-3-7-20(16(15)2)24-21(26)14-25(13-19-6-4-12-28-19)22(27)17-8-10-18(23)11-9-17/h3,5,7-11,19H,4,6,12-14H2,1-2H3,(H,24,26). The van der Waals surface area contributed by atoms with Crippen molar-refractivity contribution in [2.24, 2.45) is 0 Å². The van der Waals surface area contributed by atoms with Crippen LogP contribution in [0.2, 0.25) is 0 Å². The van der Waals surface area contributed by atoms with Crippen LogP contribution in [-0.2, 0) is 9.53 Å². The number of benzene rings is 2. The lowest BCUT2D eigenvalue weighted by atomic mass is 10.1. The van der Waals surface area contributed by atoms with Gasteiger partial charge in [-0.2, -0.15) is 0 Å². The lowest BCUT2D eigenvalue weighted by Crippen LogP contribution is -2.42. The van der Waals surface area contributed by atoms with E-state index < -0.39 is 0 Å². The van der Waals surface area contributed by atoms with Crippen LogP contribution in [-0.4, -0.2) is 42.5 Å². The summed E-state index contributed by atoms with van der Waals surface area (Å²) >= 11 is 2.21. The molecule has 2 aromatic carbocycles. The van der Waals surface area contributed by atoms with Crippen LogP contribution >= 0.6 is 22.6 Å². The number of carbonyl (C=O) groups is 2. The lowest BCUT2D eigenvalue weighted by molar-refractivity contribution is -0.117. The fraction of sp³-hybridized carbons (Fsp3) is 0.364. The zero-order valence-electron chi connectivity index (χ0n) is 16.2. The number of nitrogens with zero attached hydrogens (tertiary/aromatic N) is 1. The van der Waals surface area contributed by atoms with E-state index in [0.717, 1.165) is 33.2 Å². The first-order chi connectivity index (χ1) is 13.4. The van der Waals surface area contributed by atoms with E-state index in [-0.39, 0.29) is 24.5 Å². The Bertz CT molecular complexity index is 845. The van der Waals surface area contributed by atoms with Gasteiger partial charge in [0.25, 0.3) is 5.91 Å². The third kappa shape index (κ3) is 5.32. The maximum atomic E-state index is 13.0. The fourth-order valence-electron chi connectivity index (χ4n) is 3.28. The molecule has 5 nitrogen and oxygen atoms in total. The molecule has 1 aliphatic rings. The van der Waals surface area contributed by atoms with Crippen molar-refractivity contribution in [3.05, 3.63) is 62.7 Å². The third-order valence-electron chi connectivity index (χ3n) is 5.04. The van der Waals surface area contributed by atoms with Crippen LogP contribution in [0.15, 0.2) is 42.5 Å². The fourth-order valence-corrected chi connectivity index (χ4v) is 3.64. The Balaban J connectivity index is 1.74. The monoisotopic (exact) mass is 492 g/mol. The summed E-state index contributed by atoms with van der Waals surface area (Å²) < 4.78 is 6.76. The molecule has 1 N–H and O–H groups in total. The summed E-state index contributed by atoms with van der Waals surface area (Å²) in [5.74, 6) is -0.353. The van der Waals surface area contributed by atoms with Gasteiger partial charge < -0.3 is 15.0 Å². The van der Waals surface area contributed by atoms with E-state index in [1.165, 1.54) is 0 Å². The number of hydrogen-bond acceptors (Lipinski definition) is 3. The quantitative estimate of drug-likeness (QED) is 0.617. The number of aryl methyl sites for hydroxylation is 1. The molecule has 1 fully saturated rings. The van der Waals surface area contributed by atoms with Crippen molar-refractivity contribution >= 4 is 40.1 Å². The Morgan fingerprint density at radius 2 is 1.93 bits per heavy atom. The van der Waals surface area contributed by atoms with E-state index in [1.54, 1.807) is 17.0 Å². The van der Waals surface area contributed by atoms with Crippen molar-refractivity contribution in [2.45, 2.75) is 32.8 Å². The molecule has 6 heteroatoms. The van der Waals surface area contributed by atoms with Crippen molar-refractivity contribution in [3.63, 3.8) is 0 Å². The Morgan fingerprint density at radius 3 is 2.61 bits per heavy atom. The highest BCUT2D eigenvalue weighted by atomic mass is 127. The van der Waals surface area contributed by atoms with Gasteiger partial charge in [0.1, 0.15) is 6.54 Å². The molecule has 1 unspecified atom stereocenters. The summed E-state index contributed by atoms with van der Waals surface area (Å²) in [4.78, 5) is 27.3. The predicted molar refractivity (Wildman–Crippen MR) is 119 cm³/mol. The number of nitrogens with one attached hydrogen (secondary N) is 1. The highest BCUT2D eigenvalue weighted by Gasteiger charge is 2.25. The van der Waals surface area contributed by atoms with Crippen molar-refractivity contribution in [3.8, 4) is 0 Å². The van der Waals surface area contributed by atoms with Gasteiger partial charge in [-0.15, -0.1) is 0 Å². The number of hydrogen-bond donors (Lipinski definition) is 1. The largest absolute Gasteiger partial charge is 0.376 e. The number of ether oxygens (including phenoxy) is 1. The molecule has 3 rings (SSSR count). The predicted octanol–water partition coefficient (Wildman–Crippen LogP) is 4.17. The molecule has 148 valence electrons. The molecule has 1 atom stereocenters. The van der Waals surface area contributed by atoms with Gasteiger partial charge in [0, 0.05) is 28.0 Å². The highest BCUT2D eigenvalue weighted by Crippen LogP contribution is 2.19. The highest BCUT2D eigenvalue weighted by molar-refractivity contribution is 14.1. The number of rotatable bonds is 6. The molecular formula is C22H25IN2O3. The summed E-state index contributed by atoms with van der Waals surface area (Å²) in [6.45, 7) is 5.12. The third-order valence-corrected chi connectivity index (χ3v) is 5.76. The average Bonchev–Trinajstić information content (AvgIpc) is 3.18. The number of carbonyl (C=O) groups excluding carboxylic acids is 2. The van der Waals surface area contributed by atoms with Crippen LogP contribution in [0.25, 0.3) is 0 Å². The van der Waals surface area contributed by atoms with Crippen LogP contribution in [0, 0.1) is 17.4 Å². The Morgan fingerprint density at radius 1 is 1.18 bits per heavy atom. The van der Waals surface area contributed by atoms with E-state index in [0.29, 0.717) is 18.7 Å². The van der Waals surface area contributed by atoms with Gasteiger partial charge in [0.2, 0.25) is 5.91 Å². The molecule has 1 heterocycles. The normalized spacial score (nSPS) is 16.0. The molecule has 1 saturated heterocycles. The molecule has 2 aromatic rings. The van der Waals surface area contributed by atoms with Gasteiger partial charge in [0.15, 0.2) is 0 Å². The van der Waals surface area contributed by atoms with Crippen LogP contribution in [0.5, 0.6) is 0 Å². The van der Waals surface area contributed by atoms with Gasteiger partial charge in [-0.25, -0.2) is 0 Å².